The topological polar surface area (TPSA) is 50.2 Å². The average molecular weight is 408 g/mol. The molecule has 1 N–H and O–H groups in total. The number of carboxylic acid groups (broad SMARTS) is 1. The molecule has 1 atom stereocenters. The minimum atomic E-state index is -0.895. The number of hydrogen-bond acceptors (Lipinski definition) is 3. The number of halogens is 1. The van der Waals surface area contributed by atoms with Gasteiger partial charge in [0, 0.05) is 22.2 Å². The van der Waals surface area contributed by atoms with Gasteiger partial charge in [-0.3, -0.25) is 4.98 Å². The van der Waals surface area contributed by atoms with Gasteiger partial charge in [0.2, 0.25) is 0 Å². The number of carboxylic acids is 1. The van der Waals surface area contributed by atoms with E-state index in [-0.39, 0.29) is 5.82 Å². The van der Waals surface area contributed by atoms with Gasteiger partial charge in [0.1, 0.15) is 5.82 Å². The molecule has 148 valence electrons. The highest BCUT2D eigenvalue weighted by Crippen LogP contribution is 2.38. The van der Waals surface area contributed by atoms with Crippen LogP contribution in [-0.4, -0.2) is 16.1 Å². The predicted molar refractivity (Wildman–Crippen MR) is 112 cm³/mol. The van der Waals surface area contributed by atoms with Crippen molar-refractivity contribution in [1.82, 2.24) is 4.98 Å². The number of carbonyl (C=O) groups is 1. The third-order valence-corrected chi connectivity index (χ3v) is 6.50. The molecule has 1 aliphatic carbocycles. The van der Waals surface area contributed by atoms with E-state index >= 15 is 0 Å². The van der Waals surface area contributed by atoms with Gasteiger partial charge >= 0.3 is 5.97 Å². The van der Waals surface area contributed by atoms with Crippen molar-refractivity contribution in [3.63, 3.8) is 0 Å². The molecule has 29 heavy (non-hydrogen) atoms. The molecule has 0 fully saturated rings. The number of hydrogen-bond donors (Lipinski definition) is 1. The Balaban J connectivity index is 1.48. The highest BCUT2D eigenvalue weighted by atomic mass is 32.2. The van der Waals surface area contributed by atoms with Crippen LogP contribution >= 0.6 is 11.8 Å². The Hall–Kier alpha value is -2.66. The quantitative estimate of drug-likeness (QED) is 0.535. The van der Waals surface area contributed by atoms with Gasteiger partial charge in [0.05, 0.1) is 5.56 Å². The fraction of sp³-hybridized carbons (Fsp3) is 0.250. The molecule has 4 rings (SSSR count). The van der Waals surface area contributed by atoms with E-state index < -0.39 is 5.97 Å². The van der Waals surface area contributed by atoms with E-state index in [4.69, 9.17) is 0 Å². The number of nitrogens with zero attached hydrogens (tertiary/aromatic N) is 1. The Morgan fingerprint density at radius 3 is 2.72 bits per heavy atom. The summed E-state index contributed by atoms with van der Waals surface area (Å²) in [6, 6.07) is 14.8. The summed E-state index contributed by atoms with van der Waals surface area (Å²) in [6.07, 6.45) is 8.17. The van der Waals surface area contributed by atoms with Crippen molar-refractivity contribution in [2.24, 2.45) is 0 Å². The summed E-state index contributed by atoms with van der Waals surface area (Å²) in [4.78, 5) is 17.7. The zero-order valence-electron chi connectivity index (χ0n) is 16.0. The van der Waals surface area contributed by atoms with Gasteiger partial charge in [-0.05, 0) is 97.2 Å². The van der Waals surface area contributed by atoms with Crippen molar-refractivity contribution >= 4 is 17.7 Å². The van der Waals surface area contributed by atoms with Gasteiger partial charge in [-0.1, -0.05) is 17.8 Å². The van der Waals surface area contributed by atoms with Crippen molar-refractivity contribution in [2.45, 2.75) is 47.8 Å². The summed E-state index contributed by atoms with van der Waals surface area (Å²) in [6.45, 7) is 0. The number of aromatic carboxylic acids is 1. The summed E-state index contributed by atoms with van der Waals surface area (Å²) < 4.78 is 13.1. The lowest BCUT2D eigenvalue weighted by molar-refractivity contribution is 0.0695. The van der Waals surface area contributed by atoms with E-state index in [2.05, 4.69) is 23.2 Å². The zero-order chi connectivity index (χ0) is 20.2. The molecule has 0 saturated heterocycles. The Kier molecular flexibility index (Phi) is 5.95. The minimum absolute atomic E-state index is 0.220. The summed E-state index contributed by atoms with van der Waals surface area (Å²) in [5.74, 6) is -0.679. The molecular weight excluding hydrogens is 385 g/mol. The van der Waals surface area contributed by atoms with Crippen LogP contribution < -0.4 is 0 Å². The first-order valence-corrected chi connectivity index (χ1v) is 10.6. The van der Waals surface area contributed by atoms with Gasteiger partial charge in [-0.15, -0.1) is 0 Å². The monoisotopic (exact) mass is 407 g/mol. The molecule has 1 aliphatic rings. The maximum Gasteiger partial charge on any atom is 0.336 e. The summed E-state index contributed by atoms with van der Waals surface area (Å²) in [7, 11) is 0. The Morgan fingerprint density at radius 2 is 1.93 bits per heavy atom. The first-order valence-electron chi connectivity index (χ1n) is 9.82. The van der Waals surface area contributed by atoms with Crippen molar-refractivity contribution in [2.75, 3.05) is 0 Å². The molecule has 0 spiro atoms. The third kappa shape index (κ3) is 4.67. The van der Waals surface area contributed by atoms with Crippen LogP contribution in [0.2, 0.25) is 0 Å². The molecule has 1 aromatic heterocycles. The highest BCUT2D eigenvalue weighted by molar-refractivity contribution is 7.99. The van der Waals surface area contributed by atoms with Gasteiger partial charge < -0.3 is 5.11 Å². The van der Waals surface area contributed by atoms with Crippen LogP contribution in [0.25, 0.3) is 0 Å². The number of benzene rings is 2. The Labute approximate surface area is 174 Å². The molecule has 1 heterocycles. The molecule has 0 amide bonds. The third-order valence-electron chi connectivity index (χ3n) is 5.50. The first-order chi connectivity index (χ1) is 14.1. The van der Waals surface area contributed by atoms with Crippen LogP contribution in [0.1, 0.15) is 52.2 Å². The lowest BCUT2D eigenvalue weighted by Gasteiger charge is -2.26. The number of fused-ring (bicyclic) bond motifs is 1. The summed E-state index contributed by atoms with van der Waals surface area (Å²) in [5.41, 5.74) is 3.90. The fourth-order valence-corrected chi connectivity index (χ4v) is 4.94. The van der Waals surface area contributed by atoms with Crippen LogP contribution in [0.3, 0.4) is 0 Å². The second-order valence-electron chi connectivity index (χ2n) is 7.38. The van der Waals surface area contributed by atoms with E-state index in [0.717, 1.165) is 41.0 Å². The van der Waals surface area contributed by atoms with Crippen molar-refractivity contribution in [3.05, 3.63) is 89.0 Å². The molecule has 5 heteroatoms. The highest BCUT2D eigenvalue weighted by Gasteiger charge is 2.21. The SMILES string of the molecule is O=C(O)c1ccncc1CC[C@@H]1CCCc2cc(Sc3ccc(F)cc3)ccc21. The van der Waals surface area contributed by atoms with E-state index in [0.29, 0.717) is 17.9 Å². The largest absolute Gasteiger partial charge is 0.478 e. The molecule has 0 saturated carbocycles. The molecule has 3 nitrogen and oxygen atoms in total. The van der Waals surface area contributed by atoms with Gasteiger partial charge in [-0.25, -0.2) is 9.18 Å². The summed E-state index contributed by atoms with van der Waals surface area (Å²) >= 11 is 1.65. The fourth-order valence-electron chi connectivity index (χ4n) is 4.06. The van der Waals surface area contributed by atoms with Gasteiger partial charge in [0.15, 0.2) is 0 Å². The Bertz CT molecular complexity index is 1020. The smallest absolute Gasteiger partial charge is 0.336 e. The summed E-state index contributed by atoms with van der Waals surface area (Å²) in [5, 5.41) is 9.38. The van der Waals surface area contributed by atoms with E-state index in [1.54, 1.807) is 36.2 Å². The van der Waals surface area contributed by atoms with E-state index in [9.17, 15) is 14.3 Å². The standard InChI is InChI=1S/C24H22FNO2S/c25-19-6-8-20(9-7-19)29-21-10-11-22-16(2-1-3-17(22)14-21)4-5-18-15-26-13-12-23(18)24(27)28/h6-16H,1-5H2,(H,27,28)/t16-/m0/s1. The van der Waals surface area contributed by atoms with Crippen LogP contribution in [0.4, 0.5) is 4.39 Å². The Morgan fingerprint density at radius 1 is 1.14 bits per heavy atom. The van der Waals surface area contributed by atoms with Gasteiger partial charge in [0.25, 0.3) is 0 Å². The maximum atomic E-state index is 13.1. The molecule has 0 bridgehead atoms. The molecule has 0 aliphatic heterocycles. The van der Waals surface area contributed by atoms with Crippen LogP contribution in [0.15, 0.2) is 70.7 Å². The maximum absolute atomic E-state index is 13.1. The molecule has 2 aromatic carbocycles. The van der Waals surface area contributed by atoms with Crippen LogP contribution in [0.5, 0.6) is 0 Å². The first kappa shape index (κ1) is 19.6. The minimum Gasteiger partial charge on any atom is -0.478 e. The van der Waals surface area contributed by atoms with Crippen molar-refractivity contribution in [3.8, 4) is 0 Å². The number of rotatable bonds is 6. The number of aromatic nitrogens is 1. The normalized spacial score (nSPS) is 15.7. The second kappa shape index (κ2) is 8.78. The lowest BCUT2D eigenvalue weighted by Crippen LogP contribution is -2.12. The van der Waals surface area contributed by atoms with Crippen molar-refractivity contribution in [1.29, 1.82) is 0 Å². The predicted octanol–water partition coefficient (Wildman–Crippen LogP) is 6.12. The van der Waals surface area contributed by atoms with Crippen LogP contribution in [-0.2, 0) is 12.8 Å². The van der Waals surface area contributed by atoms with Crippen molar-refractivity contribution < 1.29 is 14.3 Å². The number of aryl methyl sites for hydroxylation is 2. The number of pyridine rings is 1. The molecule has 3 aromatic rings. The van der Waals surface area contributed by atoms with E-state index in [1.165, 1.54) is 29.5 Å². The second-order valence-corrected chi connectivity index (χ2v) is 8.53. The molecule has 0 radical (unpaired) electrons. The molecular formula is C24H22FNO2S. The average Bonchev–Trinajstić information content (AvgIpc) is 2.74. The zero-order valence-corrected chi connectivity index (χ0v) is 16.8. The lowest BCUT2D eigenvalue weighted by atomic mass is 9.80. The van der Waals surface area contributed by atoms with Crippen LogP contribution in [0, 0.1) is 5.82 Å². The van der Waals surface area contributed by atoms with Gasteiger partial charge in [-0.2, -0.15) is 0 Å². The molecule has 0 unspecified atom stereocenters. The van der Waals surface area contributed by atoms with E-state index in [1.807, 2.05) is 0 Å².